The Labute approximate surface area is 122 Å². The summed E-state index contributed by atoms with van der Waals surface area (Å²) in [6, 6.07) is 9.70. The maximum Gasteiger partial charge on any atom is 0.172 e. The molecule has 2 aromatic heterocycles. The van der Waals surface area contributed by atoms with Crippen molar-refractivity contribution in [1.29, 1.82) is 0 Å². The van der Waals surface area contributed by atoms with Crippen molar-refractivity contribution in [3.63, 3.8) is 0 Å². The molecule has 2 heterocycles. The van der Waals surface area contributed by atoms with Crippen LogP contribution in [-0.2, 0) is 0 Å². The molecular formula is C16H14N4O. The molecule has 21 heavy (non-hydrogen) atoms. The van der Waals surface area contributed by atoms with Crippen LogP contribution in [0, 0.1) is 13.8 Å². The van der Waals surface area contributed by atoms with Crippen molar-refractivity contribution in [2.75, 3.05) is 0 Å². The highest BCUT2D eigenvalue weighted by Gasteiger charge is 2.15. The molecule has 1 aromatic carbocycles. The number of rotatable bonds is 3. The van der Waals surface area contributed by atoms with E-state index < -0.39 is 0 Å². The van der Waals surface area contributed by atoms with Crippen LogP contribution in [0.1, 0.15) is 21.6 Å². The molecule has 104 valence electrons. The van der Waals surface area contributed by atoms with Crippen LogP contribution in [0.5, 0.6) is 0 Å². The summed E-state index contributed by atoms with van der Waals surface area (Å²) in [6.07, 6.45) is 4.09. The van der Waals surface area contributed by atoms with E-state index in [1.165, 1.54) is 5.56 Å². The predicted molar refractivity (Wildman–Crippen MR) is 79.5 cm³/mol. The number of pyridine rings is 1. The smallest absolute Gasteiger partial charge is 0.172 e. The lowest BCUT2D eigenvalue weighted by Gasteiger charge is -2.09. The van der Waals surface area contributed by atoms with Gasteiger partial charge in [0.05, 0.1) is 5.69 Å². The van der Waals surface area contributed by atoms with Crippen LogP contribution in [0.3, 0.4) is 0 Å². The molecule has 0 saturated carbocycles. The SMILES string of the molecule is Cc1ccc(-n2nnc(C=O)c2-c2ccncc2)cc1C. The third-order valence-corrected chi connectivity index (χ3v) is 3.50. The van der Waals surface area contributed by atoms with Gasteiger partial charge in [0.2, 0.25) is 0 Å². The van der Waals surface area contributed by atoms with Crippen LogP contribution in [-0.4, -0.2) is 26.3 Å². The quantitative estimate of drug-likeness (QED) is 0.691. The summed E-state index contributed by atoms with van der Waals surface area (Å²) in [4.78, 5) is 15.2. The zero-order chi connectivity index (χ0) is 14.8. The predicted octanol–water partition coefficient (Wildman–Crippen LogP) is 2.76. The molecule has 0 atom stereocenters. The lowest BCUT2D eigenvalue weighted by molar-refractivity contribution is 0.111. The van der Waals surface area contributed by atoms with E-state index in [4.69, 9.17) is 0 Å². The molecule has 0 unspecified atom stereocenters. The Hall–Kier alpha value is -2.82. The molecule has 0 radical (unpaired) electrons. The van der Waals surface area contributed by atoms with Gasteiger partial charge in [0.15, 0.2) is 12.0 Å². The van der Waals surface area contributed by atoms with Gasteiger partial charge in [0.25, 0.3) is 0 Å². The van der Waals surface area contributed by atoms with Crippen LogP contribution >= 0.6 is 0 Å². The van der Waals surface area contributed by atoms with Crippen LogP contribution < -0.4 is 0 Å². The minimum absolute atomic E-state index is 0.319. The van der Waals surface area contributed by atoms with Gasteiger partial charge in [-0.05, 0) is 49.2 Å². The molecule has 0 saturated heterocycles. The Morgan fingerprint density at radius 1 is 1.05 bits per heavy atom. The van der Waals surface area contributed by atoms with Gasteiger partial charge in [-0.1, -0.05) is 11.3 Å². The fraction of sp³-hybridized carbons (Fsp3) is 0.125. The monoisotopic (exact) mass is 278 g/mol. The number of hydrogen-bond donors (Lipinski definition) is 0. The standard InChI is InChI=1S/C16H14N4O/c1-11-3-4-14(9-12(11)2)20-16(15(10-21)18-19-20)13-5-7-17-8-6-13/h3-10H,1-2H3. The fourth-order valence-electron chi connectivity index (χ4n) is 2.19. The van der Waals surface area contributed by atoms with Crippen molar-refractivity contribution in [3.05, 3.63) is 59.5 Å². The van der Waals surface area contributed by atoms with Crippen molar-refractivity contribution in [2.45, 2.75) is 13.8 Å². The van der Waals surface area contributed by atoms with Gasteiger partial charge >= 0.3 is 0 Å². The summed E-state index contributed by atoms with van der Waals surface area (Å²) >= 11 is 0. The highest BCUT2D eigenvalue weighted by atomic mass is 16.1. The number of carbonyl (C=O) groups is 1. The van der Waals surface area contributed by atoms with Crippen molar-refractivity contribution >= 4 is 6.29 Å². The van der Waals surface area contributed by atoms with Crippen LogP contribution in [0.2, 0.25) is 0 Å². The maximum atomic E-state index is 11.2. The maximum absolute atomic E-state index is 11.2. The lowest BCUT2D eigenvalue weighted by Crippen LogP contribution is -2.01. The number of benzene rings is 1. The Balaban J connectivity index is 2.22. The van der Waals surface area contributed by atoms with Gasteiger partial charge < -0.3 is 0 Å². The summed E-state index contributed by atoms with van der Waals surface area (Å²) in [6.45, 7) is 4.10. The molecule has 0 fully saturated rings. The molecule has 0 N–H and O–H groups in total. The van der Waals surface area contributed by atoms with Gasteiger partial charge in [0.1, 0.15) is 5.69 Å². The molecular weight excluding hydrogens is 264 g/mol. The van der Waals surface area contributed by atoms with E-state index in [9.17, 15) is 4.79 Å². The van der Waals surface area contributed by atoms with E-state index in [1.54, 1.807) is 17.1 Å². The fourth-order valence-corrected chi connectivity index (χ4v) is 2.19. The van der Waals surface area contributed by atoms with Crippen molar-refractivity contribution in [3.8, 4) is 16.9 Å². The summed E-state index contributed by atoms with van der Waals surface area (Å²) < 4.78 is 1.69. The van der Waals surface area contributed by atoms with E-state index in [2.05, 4.69) is 22.2 Å². The number of aromatic nitrogens is 4. The summed E-state index contributed by atoms with van der Waals surface area (Å²) in [7, 11) is 0. The van der Waals surface area contributed by atoms with Gasteiger partial charge in [-0.15, -0.1) is 5.10 Å². The Morgan fingerprint density at radius 2 is 1.81 bits per heavy atom. The minimum atomic E-state index is 0.319. The summed E-state index contributed by atoms with van der Waals surface area (Å²) in [5.74, 6) is 0. The second-order valence-electron chi connectivity index (χ2n) is 4.86. The van der Waals surface area contributed by atoms with E-state index in [-0.39, 0.29) is 0 Å². The average Bonchev–Trinajstić information content (AvgIpc) is 2.95. The van der Waals surface area contributed by atoms with Gasteiger partial charge in [-0.3, -0.25) is 9.78 Å². The van der Waals surface area contributed by atoms with Gasteiger partial charge in [-0.25, -0.2) is 4.68 Å². The second kappa shape index (κ2) is 5.28. The highest BCUT2D eigenvalue weighted by molar-refractivity contribution is 5.83. The lowest BCUT2D eigenvalue weighted by atomic mass is 10.1. The zero-order valence-corrected chi connectivity index (χ0v) is 11.8. The second-order valence-corrected chi connectivity index (χ2v) is 4.86. The third-order valence-electron chi connectivity index (χ3n) is 3.50. The molecule has 3 rings (SSSR count). The first-order valence-corrected chi connectivity index (χ1v) is 6.59. The largest absolute Gasteiger partial charge is 0.296 e. The first kappa shape index (κ1) is 13.2. The first-order chi connectivity index (χ1) is 10.2. The minimum Gasteiger partial charge on any atom is -0.296 e. The molecule has 0 aliphatic carbocycles. The number of aryl methyl sites for hydroxylation is 2. The van der Waals surface area contributed by atoms with E-state index in [1.807, 2.05) is 37.3 Å². The number of carbonyl (C=O) groups excluding carboxylic acids is 1. The molecule has 0 aliphatic rings. The van der Waals surface area contributed by atoms with Crippen LogP contribution in [0.15, 0.2) is 42.7 Å². The Kier molecular flexibility index (Phi) is 3.31. The molecule has 3 aromatic rings. The van der Waals surface area contributed by atoms with Crippen molar-refractivity contribution < 1.29 is 4.79 Å². The zero-order valence-electron chi connectivity index (χ0n) is 11.8. The molecule has 5 heteroatoms. The van der Waals surface area contributed by atoms with Gasteiger partial charge in [0, 0.05) is 18.0 Å². The van der Waals surface area contributed by atoms with Gasteiger partial charge in [-0.2, -0.15) is 0 Å². The highest BCUT2D eigenvalue weighted by Crippen LogP contribution is 2.24. The third kappa shape index (κ3) is 2.33. The van der Waals surface area contributed by atoms with Crippen LogP contribution in [0.25, 0.3) is 16.9 Å². The number of hydrogen-bond acceptors (Lipinski definition) is 4. The average molecular weight is 278 g/mol. The van der Waals surface area contributed by atoms with E-state index in [0.29, 0.717) is 11.4 Å². The topological polar surface area (TPSA) is 60.7 Å². The molecule has 0 spiro atoms. The Bertz CT molecular complexity index is 793. The first-order valence-electron chi connectivity index (χ1n) is 6.59. The molecule has 0 bridgehead atoms. The number of aldehydes is 1. The van der Waals surface area contributed by atoms with Crippen molar-refractivity contribution in [2.24, 2.45) is 0 Å². The number of nitrogens with zero attached hydrogens (tertiary/aromatic N) is 4. The van der Waals surface area contributed by atoms with E-state index in [0.717, 1.165) is 23.1 Å². The molecule has 0 amide bonds. The molecule has 5 nitrogen and oxygen atoms in total. The molecule has 0 aliphatic heterocycles. The normalized spacial score (nSPS) is 10.6. The van der Waals surface area contributed by atoms with E-state index >= 15 is 0 Å². The van der Waals surface area contributed by atoms with Crippen molar-refractivity contribution in [1.82, 2.24) is 20.0 Å². The Morgan fingerprint density at radius 3 is 2.48 bits per heavy atom. The van der Waals surface area contributed by atoms with Crippen LogP contribution in [0.4, 0.5) is 0 Å². The summed E-state index contributed by atoms with van der Waals surface area (Å²) in [5, 5.41) is 8.08. The summed E-state index contributed by atoms with van der Waals surface area (Å²) in [5.41, 5.74) is 5.10.